The molecule has 20 heavy (non-hydrogen) atoms. The average Bonchev–Trinajstić information content (AvgIpc) is 2.45. The molecule has 2 N–H and O–H groups in total. The molecule has 0 bridgehead atoms. The second-order valence-electron chi connectivity index (χ2n) is 5.12. The highest BCUT2D eigenvalue weighted by molar-refractivity contribution is 5.94. The highest BCUT2D eigenvalue weighted by atomic mass is 19.2. The van der Waals surface area contributed by atoms with Crippen LogP contribution in [0, 0.1) is 23.4 Å². The highest BCUT2D eigenvalue weighted by Crippen LogP contribution is 2.16. The molecule has 0 aliphatic carbocycles. The number of carbonyl (C=O) groups is 1. The lowest BCUT2D eigenvalue weighted by atomic mass is 9.92. The van der Waals surface area contributed by atoms with Gasteiger partial charge in [0.15, 0.2) is 17.5 Å². The van der Waals surface area contributed by atoms with Crippen molar-refractivity contribution in [1.29, 1.82) is 0 Å². The van der Waals surface area contributed by atoms with Crippen molar-refractivity contribution >= 4 is 5.91 Å². The summed E-state index contributed by atoms with van der Waals surface area (Å²) < 4.78 is 39.0. The Morgan fingerprint density at radius 1 is 1.35 bits per heavy atom. The number of hydrogen-bond acceptors (Lipinski definition) is 2. The van der Waals surface area contributed by atoms with Crippen LogP contribution in [-0.2, 0) is 0 Å². The molecular formula is C14H17F3N2O. The minimum atomic E-state index is -1.56. The molecule has 2 atom stereocenters. The summed E-state index contributed by atoms with van der Waals surface area (Å²) in [4.78, 5) is 11.9. The molecule has 1 saturated heterocycles. The zero-order valence-corrected chi connectivity index (χ0v) is 11.2. The second kappa shape index (κ2) is 6.26. The fraction of sp³-hybridized carbons (Fsp3) is 0.500. The van der Waals surface area contributed by atoms with E-state index in [4.69, 9.17) is 0 Å². The van der Waals surface area contributed by atoms with Crippen molar-refractivity contribution in [3.05, 3.63) is 35.1 Å². The van der Waals surface area contributed by atoms with Gasteiger partial charge in [-0.3, -0.25) is 4.79 Å². The Morgan fingerprint density at radius 3 is 2.55 bits per heavy atom. The monoisotopic (exact) mass is 286 g/mol. The molecule has 2 unspecified atom stereocenters. The Hall–Kier alpha value is -1.56. The van der Waals surface area contributed by atoms with Crippen molar-refractivity contribution in [2.45, 2.75) is 25.8 Å². The van der Waals surface area contributed by atoms with Gasteiger partial charge in [0.05, 0.1) is 0 Å². The quantitative estimate of drug-likeness (QED) is 0.837. The molecule has 0 spiro atoms. The summed E-state index contributed by atoms with van der Waals surface area (Å²) >= 11 is 0. The molecule has 1 aliphatic rings. The van der Waals surface area contributed by atoms with Gasteiger partial charge in [0, 0.05) is 11.6 Å². The van der Waals surface area contributed by atoms with E-state index in [1.807, 2.05) is 6.92 Å². The maximum Gasteiger partial charge on any atom is 0.251 e. The fourth-order valence-corrected chi connectivity index (χ4v) is 2.40. The number of amides is 1. The smallest absolute Gasteiger partial charge is 0.251 e. The number of nitrogens with one attached hydrogen (secondary N) is 2. The van der Waals surface area contributed by atoms with Gasteiger partial charge in [0.25, 0.3) is 5.91 Å². The van der Waals surface area contributed by atoms with Crippen LogP contribution in [0.2, 0.25) is 0 Å². The lowest BCUT2D eigenvalue weighted by Crippen LogP contribution is -2.44. The zero-order chi connectivity index (χ0) is 14.7. The van der Waals surface area contributed by atoms with E-state index in [0.717, 1.165) is 25.9 Å². The number of piperidine rings is 1. The molecule has 1 aromatic carbocycles. The van der Waals surface area contributed by atoms with Crippen LogP contribution in [0.5, 0.6) is 0 Å². The molecule has 0 radical (unpaired) electrons. The topological polar surface area (TPSA) is 41.1 Å². The number of rotatable bonds is 3. The van der Waals surface area contributed by atoms with Crippen LogP contribution in [-0.4, -0.2) is 25.0 Å². The largest absolute Gasteiger partial charge is 0.349 e. The van der Waals surface area contributed by atoms with Gasteiger partial charge in [-0.1, -0.05) is 0 Å². The SMILES string of the molecule is CC(NC(=O)c1cc(F)c(F)c(F)c1)C1CCCNC1. The summed E-state index contributed by atoms with van der Waals surface area (Å²) in [5.74, 6) is -4.60. The summed E-state index contributed by atoms with van der Waals surface area (Å²) in [7, 11) is 0. The van der Waals surface area contributed by atoms with Crippen molar-refractivity contribution < 1.29 is 18.0 Å². The molecule has 110 valence electrons. The van der Waals surface area contributed by atoms with Crippen LogP contribution in [0.4, 0.5) is 13.2 Å². The normalized spacial score (nSPS) is 20.5. The third-order valence-corrected chi connectivity index (χ3v) is 3.65. The molecule has 0 aromatic heterocycles. The maximum atomic E-state index is 13.1. The fourth-order valence-electron chi connectivity index (χ4n) is 2.40. The van der Waals surface area contributed by atoms with E-state index in [1.165, 1.54) is 0 Å². The molecule has 3 nitrogen and oxygen atoms in total. The first kappa shape index (κ1) is 14.8. The van der Waals surface area contributed by atoms with Crippen LogP contribution in [0.15, 0.2) is 12.1 Å². The first-order chi connectivity index (χ1) is 9.49. The minimum Gasteiger partial charge on any atom is -0.349 e. The number of hydrogen-bond donors (Lipinski definition) is 2. The Kier molecular flexibility index (Phi) is 4.65. The lowest BCUT2D eigenvalue weighted by Gasteiger charge is -2.28. The van der Waals surface area contributed by atoms with Crippen molar-refractivity contribution in [2.75, 3.05) is 13.1 Å². The van der Waals surface area contributed by atoms with Gasteiger partial charge in [-0.2, -0.15) is 0 Å². The molecule has 0 saturated carbocycles. The van der Waals surface area contributed by atoms with E-state index in [1.54, 1.807) is 0 Å². The average molecular weight is 286 g/mol. The van der Waals surface area contributed by atoms with Gasteiger partial charge in [0.1, 0.15) is 0 Å². The van der Waals surface area contributed by atoms with Gasteiger partial charge in [0.2, 0.25) is 0 Å². The first-order valence-electron chi connectivity index (χ1n) is 6.65. The van der Waals surface area contributed by atoms with Crippen molar-refractivity contribution in [3.8, 4) is 0 Å². The molecule has 1 amide bonds. The van der Waals surface area contributed by atoms with Gasteiger partial charge < -0.3 is 10.6 Å². The van der Waals surface area contributed by atoms with E-state index in [2.05, 4.69) is 10.6 Å². The van der Waals surface area contributed by atoms with E-state index in [9.17, 15) is 18.0 Å². The predicted octanol–water partition coefficient (Wildman–Crippen LogP) is 2.22. The van der Waals surface area contributed by atoms with Gasteiger partial charge in [-0.15, -0.1) is 0 Å². The van der Waals surface area contributed by atoms with Crippen molar-refractivity contribution in [3.63, 3.8) is 0 Å². The van der Waals surface area contributed by atoms with E-state index in [-0.39, 0.29) is 17.5 Å². The van der Waals surface area contributed by atoms with Gasteiger partial charge in [-0.25, -0.2) is 13.2 Å². The van der Waals surface area contributed by atoms with E-state index < -0.39 is 23.4 Å². The van der Waals surface area contributed by atoms with Crippen LogP contribution in [0.1, 0.15) is 30.1 Å². The molecule has 1 fully saturated rings. The van der Waals surface area contributed by atoms with Crippen molar-refractivity contribution in [1.82, 2.24) is 10.6 Å². The molecule has 1 aromatic rings. The van der Waals surface area contributed by atoms with Crippen molar-refractivity contribution in [2.24, 2.45) is 5.92 Å². The summed E-state index contributed by atoms with van der Waals surface area (Å²) in [6.07, 6.45) is 2.02. The Bertz CT molecular complexity index is 478. The van der Waals surface area contributed by atoms with Crippen LogP contribution in [0.3, 0.4) is 0 Å². The lowest BCUT2D eigenvalue weighted by molar-refractivity contribution is 0.0920. The van der Waals surface area contributed by atoms with Crippen LogP contribution in [0.25, 0.3) is 0 Å². The molecule has 1 heterocycles. The Balaban J connectivity index is 2.04. The predicted molar refractivity (Wildman–Crippen MR) is 68.8 cm³/mol. The standard InChI is InChI=1S/C14H17F3N2O/c1-8(9-3-2-4-18-7-9)19-14(20)10-5-11(15)13(17)12(16)6-10/h5-6,8-9,18H,2-4,7H2,1H3,(H,19,20). The number of benzene rings is 1. The third kappa shape index (κ3) is 3.30. The summed E-state index contributed by atoms with van der Waals surface area (Å²) in [5, 5.41) is 5.94. The molecule has 2 rings (SSSR count). The third-order valence-electron chi connectivity index (χ3n) is 3.65. The first-order valence-corrected chi connectivity index (χ1v) is 6.65. The highest BCUT2D eigenvalue weighted by Gasteiger charge is 2.22. The van der Waals surface area contributed by atoms with E-state index in [0.29, 0.717) is 12.1 Å². The maximum absolute atomic E-state index is 13.1. The minimum absolute atomic E-state index is 0.119. The zero-order valence-electron chi connectivity index (χ0n) is 11.2. The molecular weight excluding hydrogens is 269 g/mol. The number of halogens is 3. The summed E-state index contributed by atoms with van der Waals surface area (Å²) in [6.45, 7) is 3.62. The van der Waals surface area contributed by atoms with Crippen LogP contribution < -0.4 is 10.6 Å². The van der Waals surface area contributed by atoms with E-state index >= 15 is 0 Å². The Morgan fingerprint density at radius 2 is 2.00 bits per heavy atom. The molecule has 1 aliphatic heterocycles. The summed E-state index contributed by atoms with van der Waals surface area (Å²) in [6, 6.07) is 1.30. The summed E-state index contributed by atoms with van der Waals surface area (Å²) in [5.41, 5.74) is -0.211. The molecule has 6 heteroatoms. The Labute approximate surface area is 115 Å². The number of carbonyl (C=O) groups excluding carboxylic acids is 1. The van der Waals surface area contributed by atoms with Crippen LogP contribution >= 0.6 is 0 Å². The van der Waals surface area contributed by atoms with Gasteiger partial charge in [-0.05, 0) is 50.9 Å². The second-order valence-corrected chi connectivity index (χ2v) is 5.12. The van der Waals surface area contributed by atoms with Gasteiger partial charge >= 0.3 is 0 Å².